The van der Waals surface area contributed by atoms with Gasteiger partial charge in [-0.25, -0.2) is 4.79 Å². The molecule has 8 heteroatoms. The summed E-state index contributed by atoms with van der Waals surface area (Å²) in [6.07, 6.45) is 40.2. The molecule has 0 unspecified atom stereocenters. The fraction of sp³-hybridized carbons (Fsp3) is 0.790. The van der Waals surface area contributed by atoms with Gasteiger partial charge in [0, 0.05) is 24.1 Å². The van der Waals surface area contributed by atoms with Gasteiger partial charge in [0.25, 0.3) is 0 Å². The van der Waals surface area contributed by atoms with Crippen molar-refractivity contribution in [2.45, 2.75) is 272 Å². The molecule has 0 saturated heterocycles. The van der Waals surface area contributed by atoms with Gasteiger partial charge in [-0.1, -0.05) is 207 Å². The largest absolute Gasteiger partial charge is 0.493 e. The topological polar surface area (TPSA) is 95.5 Å². The minimum Gasteiger partial charge on any atom is -0.493 e. The molecule has 404 valence electrons. The second kappa shape index (κ2) is 41.4. The number of ether oxygens (including phenoxy) is 5. The monoisotopic (exact) mass is 980 g/mol. The molecule has 70 heavy (non-hydrogen) atoms. The molecule has 0 saturated carbocycles. The van der Waals surface area contributed by atoms with Crippen LogP contribution in [0, 0.1) is 5.41 Å². The predicted molar refractivity (Wildman–Crippen MR) is 296 cm³/mol. The van der Waals surface area contributed by atoms with Crippen LogP contribution in [-0.2, 0) is 17.6 Å². The van der Waals surface area contributed by atoms with Crippen LogP contribution in [0.4, 0.5) is 4.79 Å². The Balaban J connectivity index is 2.39. The average molecular weight is 981 g/mol. The third-order valence-corrected chi connectivity index (χ3v) is 13.4. The molecular weight excluding hydrogens is 871 g/mol. The molecule has 0 aromatic heterocycles. The standard InChI is InChI=1S/C62H109NO7/c1-8-12-16-20-24-28-32-36-40-66-56-44-54(45-57(48-56)67-41-37-33-29-25-21-17-13-9-2)50-62(53-64,52-63-60(65)70-61(5,6)7)51-55-46-58(68-42-38-34-30-26-22-18-14-10-3)49-59(47-55)69-43-39-35-31-27-23-19-15-11-4/h44-49,64H,8-43,50-53H2,1-7H3,(H,63,65). The van der Waals surface area contributed by atoms with Crippen molar-refractivity contribution in [3.05, 3.63) is 47.5 Å². The number of carbonyl (C=O) groups excluding carboxylic acids is 1. The maximum absolute atomic E-state index is 13.3. The number of hydrogen-bond donors (Lipinski definition) is 2. The van der Waals surface area contributed by atoms with Crippen LogP contribution in [-0.4, -0.2) is 56.4 Å². The average Bonchev–Trinajstić information content (AvgIpc) is 3.33. The van der Waals surface area contributed by atoms with Crippen molar-refractivity contribution in [1.29, 1.82) is 0 Å². The summed E-state index contributed by atoms with van der Waals surface area (Å²) in [4.78, 5) is 13.3. The summed E-state index contributed by atoms with van der Waals surface area (Å²) in [5.74, 6) is 3.13. The lowest BCUT2D eigenvalue weighted by molar-refractivity contribution is 0.0464. The molecule has 8 nitrogen and oxygen atoms in total. The van der Waals surface area contributed by atoms with Crippen LogP contribution in [0.5, 0.6) is 23.0 Å². The smallest absolute Gasteiger partial charge is 0.407 e. The zero-order chi connectivity index (χ0) is 50.8. The Kier molecular flexibility index (Phi) is 37.2. The van der Waals surface area contributed by atoms with Crippen LogP contribution >= 0.6 is 0 Å². The van der Waals surface area contributed by atoms with E-state index in [4.69, 9.17) is 23.7 Å². The van der Waals surface area contributed by atoms with Crippen molar-refractivity contribution >= 4 is 6.09 Å². The lowest BCUT2D eigenvalue weighted by Gasteiger charge is -2.33. The highest BCUT2D eigenvalue weighted by Crippen LogP contribution is 2.35. The zero-order valence-electron chi connectivity index (χ0n) is 46.6. The summed E-state index contributed by atoms with van der Waals surface area (Å²) in [7, 11) is 0. The van der Waals surface area contributed by atoms with Crippen LogP contribution in [0.3, 0.4) is 0 Å². The first kappa shape index (κ1) is 63.0. The third-order valence-electron chi connectivity index (χ3n) is 13.4. The Bertz CT molecular complexity index is 1360. The van der Waals surface area contributed by atoms with Gasteiger partial charge in [0.15, 0.2) is 0 Å². The predicted octanol–water partition coefficient (Wildman–Crippen LogP) is 18.1. The van der Waals surface area contributed by atoms with E-state index < -0.39 is 17.1 Å². The zero-order valence-corrected chi connectivity index (χ0v) is 46.6. The van der Waals surface area contributed by atoms with Gasteiger partial charge < -0.3 is 34.1 Å². The van der Waals surface area contributed by atoms with E-state index in [1.807, 2.05) is 32.9 Å². The van der Waals surface area contributed by atoms with Gasteiger partial charge in [-0.2, -0.15) is 0 Å². The van der Waals surface area contributed by atoms with Crippen molar-refractivity contribution in [2.24, 2.45) is 5.41 Å². The maximum Gasteiger partial charge on any atom is 0.407 e. The number of amides is 1. The van der Waals surface area contributed by atoms with E-state index in [9.17, 15) is 9.90 Å². The van der Waals surface area contributed by atoms with E-state index in [-0.39, 0.29) is 13.2 Å². The van der Waals surface area contributed by atoms with Crippen LogP contribution < -0.4 is 24.3 Å². The molecule has 0 spiro atoms. The van der Waals surface area contributed by atoms with Gasteiger partial charge in [0.05, 0.1) is 33.0 Å². The number of aliphatic hydroxyl groups excluding tert-OH is 1. The molecule has 2 aromatic rings. The first-order chi connectivity index (χ1) is 34.0. The van der Waals surface area contributed by atoms with Crippen LogP contribution in [0.15, 0.2) is 36.4 Å². The van der Waals surface area contributed by atoms with E-state index in [1.165, 1.54) is 154 Å². The molecule has 0 heterocycles. The number of hydrogen-bond acceptors (Lipinski definition) is 7. The van der Waals surface area contributed by atoms with Crippen molar-refractivity contribution in [1.82, 2.24) is 5.32 Å². The fourth-order valence-electron chi connectivity index (χ4n) is 9.30. The highest BCUT2D eigenvalue weighted by molar-refractivity contribution is 5.67. The molecule has 1 amide bonds. The van der Waals surface area contributed by atoms with Crippen molar-refractivity contribution < 1.29 is 33.6 Å². The number of aliphatic hydroxyl groups is 1. The lowest BCUT2D eigenvalue weighted by Crippen LogP contribution is -2.44. The van der Waals surface area contributed by atoms with Crippen molar-refractivity contribution in [3.63, 3.8) is 0 Å². The molecule has 2 N–H and O–H groups in total. The molecule has 0 aliphatic heterocycles. The third kappa shape index (κ3) is 33.5. The second-order valence-corrected chi connectivity index (χ2v) is 21.8. The lowest BCUT2D eigenvalue weighted by atomic mass is 9.77. The molecule has 2 rings (SSSR count). The molecule has 0 fully saturated rings. The molecule has 0 bridgehead atoms. The number of benzene rings is 2. The second-order valence-electron chi connectivity index (χ2n) is 21.8. The van der Waals surface area contributed by atoms with Gasteiger partial charge in [0.2, 0.25) is 0 Å². The summed E-state index contributed by atoms with van der Waals surface area (Å²) in [6.45, 7) is 17.3. The maximum atomic E-state index is 13.3. The highest BCUT2D eigenvalue weighted by atomic mass is 16.6. The molecular formula is C62H109NO7. The minimum absolute atomic E-state index is 0.168. The van der Waals surface area contributed by atoms with E-state index >= 15 is 0 Å². The Morgan fingerprint density at radius 1 is 0.414 bits per heavy atom. The molecule has 0 radical (unpaired) electrons. The van der Waals surface area contributed by atoms with E-state index in [0.29, 0.717) is 39.3 Å². The number of rotatable bonds is 47. The first-order valence-electron chi connectivity index (χ1n) is 29.4. The van der Waals surface area contributed by atoms with Crippen LogP contribution in [0.1, 0.15) is 265 Å². The van der Waals surface area contributed by atoms with Gasteiger partial charge in [0.1, 0.15) is 28.6 Å². The summed E-state index contributed by atoms with van der Waals surface area (Å²) >= 11 is 0. The molecule has 0 aliphatic rings. The summed E-state index contributed by atoms with van der Waals surface area (Å²) in [5.41, 5.74) is 0.532. The SMILES string of the molecule is CCCCCCCCCCOc1cc(CC(CO)(CNC(=O)OC(C)(C)C)Cc2cc(OCCCCCCCCCC)cc(OCCCCCCCCCC)c2)cc(OCCCCCCCCCC)c1. The molecule has 0 aliphatic carbocycles. The molecule has 0 atom stereocenters. The highest BCUT2D eigenvalue weighted by Gasteiger charge is 2.33. The number of nitrogens with one attached hydrogen (secondary N) is 1. The van der Waals surface area contributed by atoms with Crippen molar-refractivity contribution in [3.8, 4) is 23.0 Å². The Labute approximate surface area is 431 Å². The first-order valence-corrected chi connectivity index (χ1v) is 29.4. The van der Waals surface area contributed by atoms with Crippen LogP contribution in [0.25, 0.3) is 0 Å². The number of alkyl carbamates (subject to hydrolysis) is 1. The van der Waals surface area contributed by atoms with Crippen LogP contribution in [0.2, 0.25) is 0 Å². The fourth-order valence-corrected chi connectivity index (χ4v) is 9.30. The van der Waals surface area contributed by atoms with Gasteiger partial charge in [-0.05, 0) is 94.7 Å². The van der Waals surface area contributed by atoms with Crippen molar-refractivity contribution in [2.75, 3.05) is 39.6 Å². The molecule has 2 aromatic carbocycles. The van der Waals surface area contributed by atoms with E-state index in [1.54, 1.807) is 0 Å². The number of unbranched alkanes of at least 4 members (excludes halogenated alkanes) is 28. The Hall–Kier alpha value is -3.13. The van der Waals surface area contributed by atoms with E-state index in [2.05, 4.69) is 57.3 Å². The summed E-state index contributed by atoms with van der Waals surface area (Å²) < 4.78 is 31.6. The summed E-state index contributed by atoms with van der Waals surface area (Å²) in [6, 6.07) is 12.5. The van der Waals surface area contributed by atoms with E-state index in [0.717, 1.165) is 85.5 Å². The van der Waals surface area contributed by atoms with Gasteiger partial charge in [-0.3, -0.25) is 0 Å². The van der Waals surface area contributed by atoms with Gasteiger partial charge >= 0.3 is 6.09 Å². The summed E-state index contributed by atoms with van der Waals surface area (Å²) in [5, 5.41) is 14.6. The number of carbonyl (C=O) groups is 1. The minimum atomic E-state index is -0.798. The van der Waals surface area contributed by atoms with Gasteiger partial charge in [-0.15, -0.1) is 0 Å². The normalized spacial score (nSPS) is 11.8. The Morgan fingerprint density at radius 3 is 0.914 bits per heavy atom. The Morgan fingerprint density at radius 2 is 0.671 bits per heavy atom. The quantitative estimate of drug-likeness (QED) is 0.0638.